The molecule has 1 heterocycles. The molecule has 140 valence electrons. The monoisotopic (exact) mass is 366 g/mol. The fourth-order valence-electron chi connectivity index (χ4n) is 3.18. The molecule has 0 unspecified atom stereocenters. The smallest absolute Gasteiger partial charge is 0.261 e. The van der Waals surface area contributed by atoms with Gasteiger partial charge in [-0.05, 0) is 36.2 Å². The van der Waals surface area contributed by atoms with E-state index < -0.39 is 0 Å². The first-order valence-corrected chi connectivity index (χ1v) is 8.93. The number of hydrogen-bond donors (Lipinski definition) is 1. The fraction of sp³-hybridized carbons (Fsp3) is 0.286. The molecular formula is C21H22N2O4. The minimum Gasteiger partial charge on any atom is -0.497 e. The van der Waals surface area contributed by atoms with E-state index in [2.05, 4.69) is 5.32 Å². The molecule has 0 radical (unpaired) electrons. The molecule has 27 heavy (non-hydrogen) atoms. The summed E-state index contributed by atoms with van der Waals surface area (Å²) in [6.07, 6.45) is 0.795. The molecule has 3 amide bonds. The van der Waals surface area contributed by atoms with E-state index in [0.717, 1.165) is 22.6 Å². The van der Waals surface area contributed by atoms with Crippen LogP contribution in [-0.4, -0.2) is 36.3 Å². The zero-order valence-electron chi connectivity index (χ0n) is 15.4. The van der Waals surface area contributed by atoms with Crippen LogP contribution in [0.4, 0.5) is 0 Å². The molecule has 1 atom stereocenters. The Morgan fingerprint density at radius 2 is 1.63 bits per heavy atom. The first-order chi connectivity index (χ1) is 13.0. The molecule has 3 rings (SSSR count). The lowest BCUT2D eigenvalue weighted by atomic mass is 10.0. The highest BCUT2D eigenvalue weighted by Crippen LogP contribution is 2.23. The van der Waals surface area contributed by atoms with Crippen LogP contribution in [0.3, 0.4) is 0 Å². The topological polar surface area (TPSA) is 75.7 Å². The molecule has 0 spiro atoms. The van der Waals surface area contributed by atoms with E-state index in [0.29, 0.717) is 11.1 Å². The summed E-state index contributed by atoms with van der Waals surface area (Å²) in [7, 11) is 1.60. The van der Waals surface area contributed by atoms with Crippen molar-refractivity contribution in [1.82, 2.24) is 10.2 Å². The summed E-state index contributed by atoms with van der Waals surface area (Å²) in [6, 6.07) is 14.1. The molecule has 1 aliphatic rings. The van der Waals surface area contributed by atoms with Gasteiger partial charge < -0.3 is 10.1 Å². The van der Waals surface area contributed by atoms with E-state index in [4.69, 9.17) is 4.74 Å². The molecule has 1 N–H and O–H groups in total. The van der Waals surface area contributed by atoms with E-state index in [-0.39, 0.29) is 36.7 Å². The number of rotatable bonds is 7. The first-order valence-electron chi connectivity index (χ1n) is 8.93. The van der Waals surface area contributed by atoms with Crippen LogP contribution in [0.5, 0.6) is 5.75 Å². The third-order valence-electron chi connectivity index (χ3n) is 4.70. The third-order valence-corrected chi connectivity index (χ3v) is 4.70. The molecule has 0 saturated heterocycles. The molecule has 0 aliphatic carbocycles. The van der Waals surface area contributed by atoms with Crippen LogP contribution in [0.2, 0.25) is 0 Å². The van der Waals surface area contributed by atoms with Gasteiger partial charge in [-0.15, -0.1) is 0 Å². The number of amides is 3. The average molecular weight is 366 g/mol. The number of imide groups is 1. The number of ether oxygens (including phenoxy) is 1. The summed E-state index contributed by atoms with van der Waals surface area (Å²) in [5, 5.41) is 2.97. The van der Waals surface area contributed by atoms with Gasteiger partial charge in [-0.2, -0.15) is 0 Å². The van der Waals surface area contributed by atoms with Crippen LogP contribution in [-0.2, 0) is 4.79 Å². The van der Waals surface area contributed by atoms with Crippen molar-refractivity contribution >= 4 is 17.7 Å². The SMILES string of the molecule is CC[C@H](NC(=O)CCN1C(=O)c2ccccc2C1=O)c1ccc(OC)cc1. The van der Waals surface area contributed by atoms with Gasteiger partial charge in [0.15, 0.2) is 0 Å². The van der Waals surface area contributed by atoms with Crippen molar-refractivity contribution in [2.45, 2.75) is 25.8 Å². The molecule has 0 fully saturated rings. The minimum atomic E-state index is -0.342. The van der Waals surface area contributed by atoms with Gasteiger partial charge in [0.25, 0.3) is 11.8 Å². The lowest BCUT2D eigenvalue weighted by Gasteiger charge is -2.19. The van der Waals surface area contributed by atoms with Crippen LogP contribution in [0.1, 0.15) is 52.1 Å². The number of nitrogens with zero attached hydrogens (tertiary/aromatic N) is 1. The second-order valence-electron chi connectivity index (χ2n) is 6.36. The zero-order valence-corrected chi connectivity index (χ0v) is 15.4. The lowest BCUT2D eigenvalue weighted by molar-refractivity contribution is -0.121. The van der Waals surface area contributed by atoms with E-state index in [9.17, 15) is 14.4 Å². The van der Waals surface area contributed by atoms with Crippen LogP contribution < -0.4 is 10.1 Å². The maximum atomic E-state index is 12.4. The quantitative estimate of drug-likeness (QED) is 0.765. The first kappa shape index (κ1) is 18.6. The predicted octanol–water partition coefficient (Wildman–Crippen LogP) is 2.95. The van der Waals surface area contributed by atoms with Crippen LogP contribution in [0, 0.1) is 0 Å². The second kappa shape index (κ2) is 8.03. The second-order valence-corrected chi connectivity index (χ2v) is 6.36. The Morgan fingerprint density at radius 1 is 1.04 bits per heavy atom. The summed E-state index contributed by atoms with van der Waals surface area (Å²) in [4.78, 5) is 38.2. The van der Waals surface area contributed by atoms with E-state index in [1.807, 2.05) is 31.2 Å². The molecule has 0 aromatic heterocycles. The van der Waals surface area contributed by atoms with E-state index in [1.54, 1.807) is 31.4 Å². The third kappa shape index (κ3) is 3.84. The summed E-state index contributed by atoms with van der Waals surface area (Å²) >= 11 is 0. The Labute approximate surface area is 158 Å². The van der Waals surface area contributed by atoms with Gasteiger partial charge in [-0.1, -0.05) is 31.2 Å². The summed E-state index contributed by atoms with van der Waals surface area (Å²) in [5.74, 6) is -0.129. The highest BCUT2D eigenvalue weighted by Gasteiger charge is 2.35. The molecule has 2 aromatic rings. The maximum Gasteiger partial charge on any atom is 0.261 e. The molecule has 0 saturated carbocycles. The van der Waals surface area contributed by atoms with Crippen LogP contribution >= 0.6 is 0 Å². The Morgan fingerprint density at radius 3 is 2.15 bits per heavy atom. The van der Waals surface area contributed by atoms with Gasteiger partial charge in [0.2, 0.25) is 5.91 Å². The predicted molar refractivity (Wildman–Crippen MR) is 101 cm³/mol. The molecule has 6 nitrogen and oxygen atoms in total. The van der Waals surface area contributed by atoms with Crippen LogP contribution in [0.15, 0.2) is 48.5 Å². The van der Waals surface area contributed by atoms with Crippen molar-refractivity contribution in [2.24, 2.45) is 0 Å². The molecule has 6 heteroatoms. The zero-order chi connectivity index (χ0) is 19.4. The van der Waals surface area contributed by atoms with Gasteiger partial charge in [-0.3, -0.25) is 19.3 Å². The highest BCUT2D eigenvalue weighted by atomic mass is 16.5. The van der Waals surface area contributed by atoms with Crippen molar-refractivity contribution in [3.05, 3.63) is 65.2 Å². The number of benzene rings is 2. The molecular weight excluding hydrogens is 344 g/mol. The van der Waals surface area contributed by atoms with Gasteiger partial charge in [0, 0.05) is 13.0 Å². The lowest BCUT2D eigenvalue weighted by Crippen LogP contribution is -2.35. The summed E-state index contributed by atoms with van der Waals surface area (Å²) in [5.41, 5.74) is 1.77. The normalized spacial score (nSPS) is 14.1. The van der Waals surface area contributed by atoms with E-state index in [1.165, 1.54) is 0 Å². The minimum absolute atomic E-state index is 0.0667. The van der Waals surface area contributed by atoms with Crippen molar-refractivity contribution < 1.29 is 19.1 Å². The molecule has 0 bridgehead atoms. The number of fused-ring (bicyclic) bond motifs is 1. The van der Waals surface area contributed by atoms with Crippen molar-refractivity contribution in [3.63, 3.8) is 0 Å². The Balaban J connectivity index is 1.59. The maximum absolute atomic E-state index is 12.4. The van der Waals surface area contributed by atoms with Gasteiger partial charge in [-0.25, -0.2) is 0 Å². The number of methoxy groups -OCH3 is 1. The Hall–Kier alpha value is -3.15. The van der Waals surface area contributed by atoms with Gasteiger partial charge >= 0.3 is 0 Å². The number of nitrogens with one attached hydrogen (secondary N) is 1. The Bertz CT molecular complexity index is 826. The van der Waals surface area contributed by atoms with Gasteiger partial charge in [0.1, 0.15) is 5.75 Å². The van der Waals surface area contributed by atoms with Crippen LogP contribution in [0.25, 0.3) is 0 Å². The fourth-order valence-corrected chi connectivity index (χ4v) is 3.18. The number of hydrogen-bond acceptors (Lipinski definition) is 4. The average Bonchev–Trinajstić information content (AvgIpc) is 2.95. The summed E-state index contributed by atoms with van der Waals surface area (Å²) < 4.78 is 5.15. The van der Waals surface area contributed by atoms with Gasteiger partial charge in [0.05, 0.1) is 24.3 Å². The Kier molecular flexibility index (Phi) is 5.54. The number of carbonyl (C=O) groups is 3. The number of carbonyl (C=O) groups excluding carboxylic acids is 3. The largest absolute Gasteiger partial charge is 0.497 e. The molecule has 2 aromatic carbocycles. The van der Waals surface area contributed by atoms with Crippen molar-refractivity contribution in [2.75, 3.05) is 13.7 Å². The van der Waals surface area contributed by atoms with Crippen molar-refractivity contribution in [3.8, 4) is 5.75 Å². The van der Waals surface area contributed by atoms with E-state index >= 15 is 0 Å². The highest BCUT2D eigenvalue weighted by molar-refractivity contribution is 6.21. The standard InChI is InChI=1S/C21H22N2O4/c1-3-18(14-8-10-15(27-2)11-9-14)22-19(24)12-13-23-20(25)16-6-4-5-7-17(16)21(23)26/h4-11,18H,3,12-13H2,1-2H3,(H,22,24)/t18-/m0/s1. The van der Waals surface area contributed by atoms with Crippen molar-refractivity contribution in [1.29, 1.82) is 0 Å². The summed E-state index contributed by atoms with van der Waals surface area (Å²) in [6.45, 7) is 2.05. The molecule has 1 aliphatic heterocycles.